The molecule has 0 unspecified atom stereocenters. The third kappa shape index (κ3) is 3.52. The molecule has 3 N–H and O–H groups in total. The molecular weight excluding hydrogens is 340 g/mol. The Morgan fingerprint density at radius 1 is 1.27 bits per heavy atom. The van der Waals surface area contributed by atoms with Gasteiger partial charge in [0.15, 0.2) is 0 Å². The van der Waals surface area contributed by atoms with Crippen molar-refractivity contribution in [2.75, 3.05) is 26.2 Å². The van der Waals surface area contributed by atoms with Gasteiger partial charge in [0.1, 0.15) is 6.54 Å². The van der Waals surface area contributed by atoms with Crippen LogP contribution in [0, 0.1) is 5.41 Å². The number of hydrogen-bond donors (Lipinski definition) is 2. The maximum absolute atomic E-state index is 12.6. The first kappa shape index (κ1) is 17.9. The number of nitrogens with zero attached hydrogens (tertiary/aromatic N) is 3. The number of aliphatic carboxylic acids is 1. The quantitative estimate of drug-likeness (QED) is 0.442. The molecule has 2 fully saturated rings. The summed E-state index contributed by atoms with van der Waals surface area (Å²) in [7, 11) is 0. The summed E-state index contributed by atoms with van der Waals surface area (Å²) in [5.41, 5.74) is 0.624. The first-order valence-electron chi connectivity index (χ1n) is 8.25. The number of likely N-dealkylation sites (tertiary alicyclic amines) is 1. The smallest absolute Gasteiger partial charge is 0.332 e. The zero-order valence-electron chi connectivity index (χ0n) is 14.1. The average Bonchev–Trinajstić information content (AvgIpc) is 2.90. The zero-order chi connectivity index (χ0) is 18.7. The minimum absolute atomic E-state index is 0.107. The van der Waals surface area contributed by atoms with Crippen LogP contribution >= 0.6 is 0 Å². The van der Waals surface area contributed by atoms with Crippen LogP contribution in [0.5, 0.6) is 0 Å². The van der Waals surface area contributed by atoms with Crippen molar-refractivity contribution in [3.63, 3.8) is 0 Å². The third-order valence-corrected chi connectivity index (χ3v) is 4.82. The molecule has 1 spiro atoms. The van der Waals surface area contributed by atoms with Gasteiger partial charge in [0.05, 0.1) is 18.2 Å². The normalized spacial score (nSPS) is 19.8. The maximum atomic E-state index is 12.6. The van der Waals surface area contributed by atoms with Crippen LogP contribution in [0.2, 0.25) is 0 Å². The monoisotopic (exact) mass is 360 g/mol. The van der Waals surface area contributed by atoms with E-state index in [9.17, 15) is 14.4 Å². The minimum Gasteiger partial charge on any atom is -0.480 e. The molecule has 3 rings (SSSR count). The van der Waals surface area contributed by atoms with Crippen molar-refractivity contribution in [2.45, 2.75) is 12.8 Å². The molecule has 0 saturated carbocycles. The van der Waals surface area contributed by atoms with Crippen LogP contribution in [0.1, 0.15) is 28.8 Å². The predicted octanol–water partition coefficient (Wildman–Crippen LogP) is 0.0600. The van der Waals surface area contributed by atoms with Crippen LogP contribution in [0.25, 0.3) is 0 Å². The summed E-state index contributed by atoms with van der Waals surface area (Å²) in [5.74, 6) is 3.54. The highest BCUT2D eigenvalue weighted by atomic mass is 16.7. The van der Waals surface area contributed by atoms with E-state index in [-0.39, 0.29) is 19.0 Å². The number of hydroxylamine groups is 2. The van der Waals surface area contributed by atoms with Gasteiger partial charge in [0, 0.05) is 18.7 Å². The van der Waals surface area contributed by atoms with Crippen molar-refractivity contribution in [2.24, 2.45) is 16.4 Å². The molecule has 0 aliphatic carbocycles. The summed E-state index contributed by atoms with van der Waals surface area (Å²) >= 11 is 0. The zero-order valence-corrected chi connectivity index (χ0v) is 14.1. The molecule has 2 aliphatic heterocycles. The summed E-state index contributed by atoms with van der Waals surface area (Å²) in [6, 6.07) is 6.94. The Morgan fingerprint density at radius 3 is 2.50 bits per heavy atom. The van der Waals surface area contributed by atoms with Gasteiger partial charge in [-0.25, -0.2) is 4.79 Å². The van der Waals surface area contributed by atoms with E-state index in [1.165, 1.54) is 11.3 Å². The molecule has 9 heteroatoms. The van der Waals surface area contributed by atoms with Crippen LogP contribution in [0.3, 0.4) is 0 Å². The van der Waals surface area contributed by atoms with Gasteiger partial charge in [-0.1, -0.05) is 12.1 Å². The molecule has 9 nitrogen and oxygen atoms in total. The van der Waals surface area contributed by atoms with Crippen LogP contribution in [-0.2, 0) is 14.4 Å². The van der Waals surface area contributed by atoms with Crippen LogP contribution in [-0.4, -0.2) is 65.3 Å². The van der Waals surface area contributed by atoms with E-state index in [2.05, 4.69) is 5.10 Å². The summed E-state index contributed by atoms with van der Waals surface area (Å²) in [6.45, 7) is 0.740. The number of carboxylic acids is 1. The van der Waals surface area contributed by atoms with Crippen molar-refractivity contribution >= 4 is 24.1 Å². The number of carbonyl (C=O) groups excluding carboxylic acids is 2. The Bertz CT molecular complexity index is 738. The highest BCUT2D eigenvalue weighted by molar-refractivity contribution is 5.95. The molecule has 2 heterocycles. The van der Waals surface area contributed by atoms with Gasteiger partial charge in [0.2, 0.25) is 0 Å². The second kappa shape index (κ2) is 7.12. The molecule has 1 amide bonds. The van der Waals surface area contributed by atoms with Crippen molar-refractivity contribution in [1.29, 1.82) is 0 Å². The number of carbonyl (C=O) groups is 3. The van der Waals surface area contributed by atoms with Gasteiger partial charge >= 0.3 is 11.9 Å². The van der Waals surface area contributed by atoms with E-state index in [1.54, 1.807) is 29.2 Å². The van der Waals surface area contributed by atoms with Gasteiger partial charge < -0.3 is 20.7 Å². The number of amides is 1. The van der Waals surface area contributed by atoms with Gasteiger partial charge in [-0.2, -0.15) is 5.10 Å². The molecule has 0 radical (unpaired) electrons. The Hall–Kier alpha value is -2.94. The maximum Gasteiger partial charge on any atom is 0.332 e. The largest absolute Gasteiger partial charge is 0.480 e. The van der Waals surface area contributed by atoms with E-state index < -0.39 is 17.4 Å². The Morgan fingerprint density at radius 2 is 1.92 bits per heavy atom. The van der Waals surface area contributed by atoms with Crippen LogP contribution < -0.4 is 5.84 Å². The Balaban J connectivity index is 1.62. The van der Waals surface area contributed by atoms with Crippen molar-refractivity contribution in [3.8, 4) is 0 Å². The number of hydrogen-bond acceptors (Lipinski definition) is 7. The predicted molar refractivity (Wildman–Crippen MR) is 91.1 cm³/mol. The highest BCUT2D eigenvalue weighted by Crippen LogP contribution is 2.38. The molecule has 0 bridgehead atoms. The lowest BCUT2D eigenvalue weighted by molar-refractivity contribution is -0.177. The number of rotatable bonds is 4. The molecule has 26 heavy (non-hydrogen) atoms. The average molecular weight is 360 g/mol. The Labute approximate surface area is 150 Å². The first-order chi connectivity index (χ1) is 12.4. The van der Waals surface area contributed by atoms with E-state index in [4.69, 9.17) is 15.8 Å². The SMILES string of the molecule is N/N=C/c1ccc(C(=O)N2CCC3(CC2)CN(CC(=O)O)OC3=O)cc1. The fourth-order valence-electron chi connectivity index (χ4n) is 3.37. The molecule has 2 aliphatic rings. The van der Waals surface area contributed by atoms with Gasteiger partial charge in [-0.05, 0) is 30.5 Å². The summed E-state index contributed by atoms with van der Waals surface area (Å²) in [4.78, 5) is 42.4. The van der Waals surface area contributed by atoms with E-state index >= 15 is 0 Å². The second-order valence-corrected chi connectivity index (χ2v) is 6.54. The minimum atomic E-state index is -1.05. The van der Waals surface area contributed by atoms with Crippen molar-refractivity contribution in [3.05, 3.63) is 35.4 Å². The van der Waals surface area contributed by atoms with E-state index in [0.717, 1.165) is 5.56 Å². The van der Waals surface area contributed by atoms with E-state index in [1.807, 2.05) is 0 Å². The topological polar surface area (TPSA) is 126 Å². The molecular formula is C17H20N4O5. The summed E-state index contributed by atoms with van der Waals surface area (Å²) in [5, 5.41) is 13.5. The van der Waals surface area contributed by atoms with Crippen molar-refractivity contribution in [1.82, 2.24) is 9.96 Å². The summed E-state index contributed by atoms with van der Waals surface area (Å²) in [6.07, 6.45) is 2.39. The lowest BCUT2D eigenvalue weighted by atomic mass is 9.79. The number of carboxylic acid groups (broad SMARTS) is 1. The molecule has 1 aromatic rings. The Kier molecular flexibility index (Phi) is 4.90. The first-order valence-corrected chi connectivity index (χ1v) is 8.25. The highest BCUT2D eigenvalue weighted by Gasteiger charge is 2.51. The molecule has 0 atom stereocenters. The van der Waals surface area contributed by atoms with Crippen LogP contribution in [0.4, 0.5) is 0 Å². The molecule has 138 valence electrons. The van der Waals surface area contributed by atoms with Crippen molar-refractivity contribution < 1.29 is 24.3 Å². The fraction of sp³-hybridized carbons (Fsp3) is 0.412. The lowest BCUT2D eigenvalue weighted by Gasteiger charge is -2.36. The molecule has 2 saturated heterocycles. The van der Waals surface area contributed by atoms with Gasteiger partial charge in [-0.3, -0.25) is 9.59 Å². The fourth-order valence-corrected chi connectivity index (χ4v) is 3.37. The molecule has 1 aromatic carbocycles. The number of nitrogens with two attached hydrogens (primary N) is 1. The van der Waals surface area contributed by atoms with Crippen LogP contribution in [0.15, 0.2) is 29.4 Å². The number of piperidine rings is 1. The third-order valence-electron chi connectivity index (χ3n) is 4.82. The lowest BCUT2D eigenvalue weighted by Crippen LogP contribution is -2.46. The van der Waals surface area contributed by atoms with Gasteiger partial charge in [-0.15, -0.1) is 5.06 Å². The molecule has 0 aromatic heterocycles. The van der Waals surface area contributed by atoms with E-state index in [0.29, 0.717) is 31.5 Å². The number of benzene rings is 1. The van der Waals surface area contributed by atoms with Gasteiger partial charge in [0.25, 0.3) is 5.91 Å². The summed E-state index contributed by atoms with van der Waals surface area (Å²) < 4.78 is 0. The number of hydrazone groups is 1. The standard InChI is InChI=1S/C17H20N4O5/c18-19-9-12-1-3-13(4-2-12)15(24)20-7-5-17(6-8-20)11-21(10-14(22)23)26-16(17)25/h1-4,9H,5-8,10-11,18H2,(H,22,23)/b19-9+. The second-order valence-electron chi connectivity index (χ2n) is 6.54.